The maximum atomic E-state index is 3.97. The van der Waals surface area contributed by atoms with Gasteiger partial charge in [-0.3, -0.25) is 4.99 Å². The van der Waals surface area contributed by atoms with Gasteiger partial charge in [0.05, 0.1) is 12.9 Å². The van der Waals surface area contributed by atoms with Crippen LogP contribution in [0.5, 0.6) is 0 Å². The molecule has 0 amide bonds. The van der Waals surface area contributed by atoms with Gasteiger partial charge in [0.2, 0.25) is 0 Å². The van der Waals surface area contributed by atoms with Crippen LogP contribution in [0.2, 0.25) is 0 Å². The molecule has 1 rings (SSSR count). The van der Waals surface area contributed by atoms with Gasteiger partial charge >= 0.3 is 0 Å². The van der Waals surface area contributed by atoms with Gasteiger partial charge in [0.15, 0.2) is 0 Å². The van der Waals surface area contributed by atoms with Gasteiger partial charge in [0.25, 0.3) is 0 Å². The van der Waals surface area contributed by atoms with E-state index < -0.39 is 0 Å². The summed E-state index contributed by atoms with van der Waals surface area (Å²) in [6.45, 7) is 2.53. The highest BCUT2D eigenvalue weighted by atomic mass is 14.9. The molecule has 0 radical (unpaired) electrons. The molecule has 0 saturated carbocycles. The molecular weight excluding hydrogens is 112 g/mol. The molecule has 2 heteroatoms. The predicted molar refractivity (Wildman–Crippen MR) is 38.0 cm³/mol. The molecule has 0 aromatic heterocycles. The number of hydrogen-bond acceptors (Lipinski definition) is 2. The van der Waals surface area contributed by atoms with Crippen LogP contribution in [0.15, 0.2) is 16.8 Å². The first-order valence-electron chi connectivity index (χ1n) is 2.79. The highest BCUT2D eigenvalue weighted by Crippen LogP contribution is 1.92. The first kappa shape index (κ1) is 5.90. The Hall–Kier alpha value is -1.23. The van der Waals surface area contributed by atoms with Crippen molar-refractivity contribution in [1.82, 2.24) is 5.32 Å². The van der Waals surface area contributed by atoms with Gasteiger partial charge in [-0.15, -0.1) is 5.92 Å². The third-order valence-corrected chi connectivity index (χ3v) is 0.971. The van der Waals surface area contributed by atoms with Crippen LogP contribution in [0.1, 0.15) is 6.92 Å². The number of rotatable bonds is 0. The van der Waals surface area contributed by atoms with E-state index in [1.807, 2.05) is 13.1 Å². The molecule has 1 aliphatic heterocycles. The predicted octanol–water partition coefficient (Wildman–Crippen LogP) is 0.525. The van der Waals surface area contributed by atoms with Crippen molar-refractivity contribution in [2.45, 2.75) is 6.92 Å². The van der Waals surface area contributed by atoms with Crippen LogP contribution in [0, 0.1) is 11.8 Å². The van der Waals surface area contributed by atoms with E-state index in [0.29, 0.717) is 6.54 Å². The van der Waals surface area contributed by atoms with E-state index in [-0.39, 0.29) is 0 Å². The monoisotopic (exact) mass is 120 g/mol. The lowest BCUT2D eigenvalue weighted by atomic mass is 10.3. The van der Waals surface area contributed by atoms with Crippen LogP contribution in [0.4, 0.5) is 0 Å². The molecule has 46 valence electrons. The van der Waals surface area contributed by atoms with E-state index in [1.54, 1.807) is 6.34 Å². The molecule has 0 aliphatic carbocycles. The van der Waals surface area contributed by atoms with Crippen molar-refractivity contribution in [2.24, 2.45) is 4.99 Å². The van der Waals surface area contributed by atoms with Gasteiger partial charge < -0.3 is 5.32 Å². The maximum Gasteiger partial charge on any atom is 0.0868 e. The van der Waals surface area contributed by atoms with Crippen molar-refractivity contribution in [3.63, 3.8) is 0 Å². The number of nitrogens with zero attached hydrogens (tertiary/aromatic N) is 1. The van der Waals surface area contributed by atoms with Crippen molar-refractivity contribution >= 4 is 6.34 Å². The standard InChI is InChI=1S/C7H8N2/c1-2-3-7-4-8-6-9-5-7/h4,6H,5H2,1H3,(H,8,9). The lowest BCUT2D eigenvalue weighted by Gasteiger charge is -2.00. The molecule has 0 spiro atoms. The normalized spacial score (nSPS) is 15.0. The molecule has 0 saturated heterocycles. The van der Waals surface area contributed by atoms with Gasteiger partial charge in [-0.05, 0) is 6.92 Å². The Morgan fingerprint density at radius 3 is 3.22 bits per heavy atom. The van der Waals surface area contributed by atoms with Crippen molar-refractivity contribution in [3.05, 3.63) is 11.8 Å². The maximum absolute atomic E-state index is 3.97. The van der Waals surface area contributed by atoms with E-state index in [9.17, 15) is 0 Å². The zero-order valence-electron chi connectivity index (χ0n) is 5.31. The second-order valence-electron chi connectivity index (χ2n) is 1.68. The van der Waals surface area contributed by atoms with Crippen molar-refractivity contribution in [2.75, 3.05) is 6.54 Å². The summed E-state index contributed by atoms with van der Waals surface area (Å²) in [6.07, 6.45) is 3.53. The SMILES string of the molecule is CC#CC1=CNC=NC1. The fourth-order valence-corrected chi connectivity index (χ4v) is 0.616. The minimum atomic E-state index is 0.716. The van der Waals surface area contributed by atoms with Gasteiger partial charge in [-0.2, -0.15) is 0 Å². The van der Waals surface area contributed by atoms with E-state index >= 15 is 0 Å². The van der Waals surface area contributed by atoms with Crippen molar-refractivity contribution in [3.8, 4) is 11.8 Å². The Labute approximate surface area is 54.7 Å². The Bertz CT molecular complexity index is 203. The molecule has 0 bridgehead atoms. The number of hydrogen-bond donors (Lipinski definition) is 1. The Morgan fingerprint density at radius 1 is 1.78 bits per heavy atom. The minimum Gasteiger partial charge on any atom is -0.352 e. The molecule has 0 fully saturated rings. The third kappa shape index (κ3) is 1.61. The van der Waals surface area contributed by atoms with Gasteiger partial charge in [-0.25, -0.2) is 0 Å². The highest BCUT2D eigenvalue weighted by molar-refractivity contribution is 5.59. The molecular formula is C7H8N2. The van der Waals surface area contributed by atoms with Crippen LogP contribution >= 0.6 is 0 Å². The Morgan fingerprint density at radius 2 is 2.67 bits per heavy atom. The topological polar surface area (TPSA) is 24.4 Å². The van der Waals surface area contributed by atoms with E-state index in [4.69, 9.17) is 0 Å². The summed E-state index contributed by atoms with van der Waals surface area (Å²) >= 11 is 0. The third-order valence-electron chi connectivity index (χ3n) is 0.971. The lowest BCUT2D eigenvalue weighted by molar-refractivity contribution is 1.09. The van der Waals surface area contributed by atoms with Crippen molar-refractivity contribution in [1.29, 1.82) is 0 Å². The molecule has 1 heterocycles. The number of nitrogens with one attached hydrogen (secondary N) is 1. The minimum absolute atomic E-state index is 0.716. The summed E-state index contributed by atoms with van der Waals surface area (Å²) in [4.78, 5) is 3.97. The Balaban J connectivity index is 2.57. The molecule has 1 aliphatic rings. The average molecular weight is 120 g/mol. The smallest absolute Gasteiger partial charge is 0.0868 e. The average Bonchev–Trinajstić information content (AvgIpc) is 1.91. The molecule has 0 unspecified atom stereocenters. The Kier molecular flexibility index (Phi) is 1.92. The quantitative estimate of drug-likeness (QED) is 0.463. The van der Waals surface area contributed by atoms with E-state index in [2.05, 4.69) is 22.2 Å². The van der Waals surface area contributed by atoms with Crippen LogP contribution in [-0.4, -0.2) is 12.9 Å². The fraction of sp³-hybridized carbons (Fsp3) is 0.286. The summed E-state index contributed by atoms with van der Waals surface area (Å²) in [6, 6.07) is 0. The first-order chi connectivity index (χ1) is 4.43. The van der Waals surface area contributed by atoms with Crippen molar-refractivity contribution < 1.29 is 0 Å². The van der Waals surface area contributed by atoms with Crippen LogP contribution < -0.4 is 5.32 Å². The molecule has 0 aromatic carbocycles. The summed E-state index contributed by atoms with van der Waals surface area (Å²) < 4.78 is 0. The number of aliphatic imine (C=N–C) groups is 1. The second kappa shape index (κ2) is 2.93. The van der Waals surface area contributed by atoms with E-state index in [1.165, 1.54) is 0 Å². The summed E-state index contributed by atoms with van der Waals surface area (Å²) in [5, 5.41) is 2.86. The first-order valence-corrected chi connectivity index (χ1v) is 2.79. The van der Waals surface area contributed by atoms with Crippen LogP contribution in [-0.2, 0) is 0 Å². The summed E-state index contributed by atoms with van der Waals surface area (Å²) in [5.74, 6) is 5.72. The highest BCUT2D eigenvalue weighted by Gasteiger charge is 1.91. The molecule has 0 aromatic rings. The summed E-state index contributed by atoms with van der Waals surface area (Å²) in [5.41, 5.74) is 1.04. The molecule has 2 nitrogen and oxygen atoms in total. The van der Waals surface area contributed by atoms with Gasteiger partial charge in [0, 0.05) is 11.8 Å². The molecule has 1 N–H and O–H groups in total. The molecule has 0 atom stereocenters. The van der Waals surface area contributed by atoms with Gasteiger partial charge in [-0.1, -0.05) is 5.92 Å². The van der Waals surface area contributed by atoms with Gasteiger partial charge in [0.1, 0.15) is 0 Å². The molecule has 9 heavy (non-hydrogen) atoms. The lowest BCUT2D eigenvalue weighted by Crippen LogP contribution is -2.09. The largest absolute Gasteiger partial charge is 0.352 e. The fourth-order valence-electron chi connectivity index (χ4n) is 0.616. The van der Waals surface area contributed by atoms with Crippen LogP contribution in [0.25, 0.3) is 0 Å². The zero-order valence-corrected chi connectivity index (χ0v) is 5.31. The van der Waals surface area contributed by atoms with E-state index in [0.717, 1.165) is 5.57 Å². The zero-order chi connectivity index (χ0) is 6.53. The summed E-state index contributed by atoms with van der Waals surface area (Å²) in [7, 11) is 0. The van der Waals surface area contributed by atoms with Crippen LogP contribution in [0.3, 0.4) is 0 Å². The second-order valence-corrected chi connectivity index (χ2v) is 1.68.